The van der Waals surface area contributed by atoms with E-state index in [0.717, 1.165) is 39.0 Å². The van der Waals surface area contributed by atoms with Gasteiger partial charge in [0.25, 0.3) is 0 Å². The third-order valence-corrected chi connectivity index (χ3v) is 12.5. The smallest absolute Gasteiger partial charge is 0.137 e. The van der Waals surface area contributed by atoms with Gasteiger partial charge in [0.2, 0.25) is 0 Å². The van der Waals surface area contributed by atoms with Crippen LogP contribution in [0.2, 0.25) is 0 Å². The summed E-state index contributed by atoms with van der Waals surface area (Å²) in [6.07, 6.45) is 0. The molecule has 11 aromatic rings. The number of benzene rings is 10. The minimum absolute atomic E-state index is 0.532. The largest absolute Gasteiger partial charge is 0.456 e. The SMILES string of the molecule is c1ccc(N(c2ccc(-c3cc4ccccc4c4c3-c3ccccc3C4(c3ccccc3)c3ccccc3)c3ccccc23)c2cccc3oc4ccccc4c23)cc1. The zero-order valence-electron chi connectivity index (χ0n) is 32.2. The summed E-state index contributed by atoms with van der Waals surface area (Å²) in [4.78, 5) is 2.41. The Morgan fingerprint density at radius 3 is 1.73 bits per heavy atom. The highest BCUT2D eigenvalue weighted by molar-refractivity contribution is 6.17. The summed E-state index contributed by atoms with van der Waals surface area (Å²) in [6.45, 7) is 0. The fourth-order valence-electron chi connectivity index (χ4n) is 10.2. The van der Waals surface area contributed by atoms with E-state index < -0.39 is 5.41 Å². The van der Waals surface area contributed by atoms with E-state index in [1.165, 1.54) is 66.1 Å². The second kappa shape index (κ2) is 13.2. The van der Waals surface area contributed by atoms with Gasteiger partial charge < -0.3 is 9.32 Å². The molecule has 10 aromatic carbocycles. The van der Waals surface area contributed by atoms with Gasteiger partial charge in [-0.25, -0.2) is 0 Å². The van der Waals surface area contributed by atoms with E-state index in [1.54, 1.807) is 0 Å². The molecule has 276 valence electrons. The van der Waals surface area contributed by atoms with E-state index in [2.05, 4.69) is 223 Å². The lowest BCUT2D eigenvalue weighted by molar-refractivity contribution is 0.669. The molecule has 1 aliphatic carbocycles. The molecule has 2 heteroatoms. The highest BCUT2D eigenvalue weighted by atomic mass is 16.3. The van der Waals surface area contributed by atoms with Crippen LogP contribution in [0.3, 0.4) is 0 Å². The molecule has 0 saturated carbocycles. The Morgan fingerprint density at radius 2 is 0.966 bits per heavy atom. The predicted molar refractivity (Wildman–Crippen MR) is 246 cm³/mol. The molecule has 1 aliphatic rings. The summed E-state index contributed by atoms with van der Waals surface area (Å²) in [6, 6.07) is 81.8. The van der Waals surface area contributed by atoms with Crippen LogP contribution in [0.1, 0.15) is 22.3 Å². The lowest BCUT2D eigenvalue weighted by atomic mass is 9.66. The summed E-state index contributed by atoms with van der Waals surface area (Å²) < 4.78 is 6.44. The first-order valence-corrected chi connectivity index (χ1v) is 20.4. The molecule has 0 amide bonds. The third-order valence-electron chi connectivity index (χ3n) is 12.5. The van der Waals surface area contributed by atoms with Gasteiger partial charge in [0.05, 0.1) is 22.2 Å². The van der Waals surface area contributed by atoms with Gasteiger partial charge in [-0.2, -0.15) is 0 Å². The predicted octanol–water partition coefficient (Wildman–Crippen LogP) is 15.4. The first kappa shape index (κ1) is 33.5. The number of hydrogen-bond acceptors (Lipinski definition) is 2. The van der Waals surface area contributed by atoms with Gasteiger partial charge in [-0.3, -0.25) is 0 Å². The van der Waals surface area contributed by atoms with Crippen molar-refractivity contribution in [3.05, 3.63) is 247 Å². The van der Waals surface area contributed by atoms with E-state index in [1.807, 2.05) is 6.07 Å². The van der Waals surface area contributed by atoms with Crippen LogP contribution in [0.5, 0.6) is 0 Å². The van der Waals surface area contributed by atoms with Gasteiger partial charge in [-0.05, 0) is 103 Å². The fraction of sp³-hybridized carbons (Fsp3) is 0.0175. The van der Waals surface area contributed by atoms with Crippen molar-refractivity contribution in [2.75, 3.05) is 4.90 Å². The number of nitrogens with zero attached hydrogens (tertiary/aromatic N) is 1. The molecule has 0 aliphatic heterocycles. The van der Waals surface area contributed by atoms with Crippen molar-refractivity contribution >= 4 is 60.5 Å². The van der Waals surface area contributed by atoms with Crippen LogP contribution < -0.4 is 4.90 Å². The molecular weight excluding hydrogens is 715 g/mol. The van der Waals surface area contributed by atoms with E-state index in [0.29, 0.717) is 0 Å². The lowest BCUT2D eigenvalue weighted by Gasteiger charge is -2.35. The minimum Gasteiger partial charge on any atom is -0.456 e. The van der Waals surface area contributed by atoms with Crippen molar-refractivity contribution in [3.63, 3.8) is 0 Å². The minimum atomic E-state index is -0.532. The second-order valence-corrected chi connectivity index (χ2v) is 15.5. The van der Waals surface area contributed by atoms with Crippen molar-refractivity contribution in [2.24, 2.45) is 0 Å². The van der Waals surface area contributed by atoms with Crippen LogP contribution in [-0.4, -0.2) is 0 Å². The Hall–Kier alpha value is -7.68. The topological polar surface area (TPSA) is 16.4 Å². The van der Waals surface area contributed by atoms with Gasteiger partial charge in [0.1, 0.15) is 11.2 Å². The molecule has 12 rings (SSSR count). The number of rotatable bonds is 6. The molecule has 0 radical (unpaired) electrons. The Kier molecular flexibility index (Phi) is 7.48. The number of fused-ring (bicyclic) bond motifs is 9. The molecule has 2 nitrogen and oxygen atoms in total. The molecule has 0 spiro atoms. The van der Waals surface area contributed by atoms with Gasteiger partial charge in [-0.1, -0.05) is 182 Å². The molecule has 0 fully saturated rings. The molecule has 0 N–H and O–H groups in total. The van der Waals surface area contributed by atoms with Crippen LogP contribution in [0.15, 0.2) is 229 Å². The Balaban J connectivity index is 1.18. The maximum absolute atomic E-state index is 6.44. The zero-order valence-corrected chi connectivity index (χ0v) is 32.2. The van der Waals surface area contributed by atoms with Gasteiger partial charge >= 0.3 is 0 Å². The van der Waals surface area contributed by atoms with Gasteiger partial charge in [0.15, 0.2) is 0 Å². The van der Waals surface area contributed by atoms with E-state index in [9.17, 15) is 0 Å². The normalized spacial score (nSPS) is 12.9. The second-order valence-electron chi connectivity index (χ2n) is 15.5. The Labute approximate surface area is 342 Å². The van der Waals surface area contributed by atoms with Crippen molar-refractivity contribution in [1.82, 2.24) is 0 Å². The molecule has 0 saturated heterocycles. The molecule has 0 atom stereocenters. The number of para-hydroxylation sites is 2. The highest BCUT2D eigenvalue weighted by Crippen LogP contribution is 2.61. The summed E-state index contributed by atoms with van der Waals surface area (Å²) in [5.41, 5.74) is 14.7. The van der Waals surface area contributed by atoms with E-state index in [-0.39, 0.29) is 0 Å². The number of furan rings is 1. The zero-order chi connectivity index (χ0) is 38.9. The molecule has 0 bridgehead atoms. The van der Waals surface area contributed by atoms with Crippen molar-refractivity contribution in [2.45, 2.75) is 5.41 Å². The highest BCUT2D eigenvalue weighted by Gasteiger charge is 2.48. The van der Waals surface area contributed by atoms with E-state index in [4.69, 9.17) is 4.42 Å². The average Bonchev–Trinajstić information content (AvgIpc) is 3.85. The summed E-state index contributed by atoms with van der Waals surface area (Å²) >= 11 is 0. The lowest BCUT2D eigenvalue weighted by Crippen LogP contribution is -2.28. The quantitative estimate of drug-likeness (QED) is 0.168. The first-order valence-electron chi connectivity index (χ1n) is 20.4. The Bertz CT molecular complexity index is 3340. The monoisotopic (exact) mass is 751 g/mol. The number of anilines is 3. The maximum Gasteiger partial charge on any atom is 0.137 e. The first-order chi connectivity index (χ1) is 29.3. The number of hydrogen-bond donors (Lipinski definition) is 0. The van der Waals surface area contributed by atoms with Crippen LogP contribution in [0.4, 0.5) is 17.1 Å². The third kappa shape index (κ3) is 4.87. The average molecular weight is 752 g/mol. The van der Waals surface area contributed by atoms with Crippen molar-refractivity contribution in [3.8, 4) is 22.3 Å². The van der Waals surface area contributed by atoms with Crippen LogP contribution in [0, 0.1) is 0 Å². The van der Waals surface area contributed by atoms with Crippen LogP contribution in [-0.2, 0) is 5.41 Å². The van der Waals surface area contributed by atoms with Crippen molar-refractivity contribution in [1.29, 1.82) is 0 Å². The van der Waals surface area contributed by atoms with Crippen molar-refractivity contribution < 1.29 is 4.42 Å². The van der Waals surface area contributed by atoms with E-state index >= 15 is 0 Å². The summed E-state index contributed by atoms with van der Waals surface area (Å²) in [5.74, 6) is 0. The maximum atomic E-state index is 6.44. The fourth-order valence-corrected chi connectivity index (χ4v) is 10.2. The summed E-state index contributed by atoms with van der Waals surface area (Å²) in [5, 5.41) is 7.06. The molecular formula is C57H37NO. The Morgan fingerprint density at radius 1 is 0.373 bits per heavy atom. The molecule has 1 aromatic heterocycles. The standard InChI is InChI=1S/C57H37NO/c1-4-20-39(21-5-1)57(40-22-6-2-7-23-40)49-31-16-14-29-46(49)54-48(37-38-19-10-11-26-42(38)56(54)57)44-35-36-50(45-28-13-12-27-43(44)45)58(41-24-8-3-9-25-41)51-32-18-34-53-55(51)47-30-15-17-33-52(47)59-53/h1-37H. The molecule has 0 unspecified atom stereocenters. The van der Waals surface area contributed by atoms with Gasteiger partial charge in [0, 0.05) is 16.5 Å². The van der Waals surface area contributed by atoms with Gasteiger partial charge in [-0.15, -0.1) is 0 Å². The molecule has 59 heavy (non-hydrogen) atoms. The van der Waals surface area contributed by atoms with Crippen LogP contribution in [0.25, 0.3) is 65.7 Å². The van der Waals surface area contributed by atoms with Crippen LogP contribution >= 0.6 is 0 Å². The molecule has 1 heterocycles. The summed E-state index contributed by atoms with van der Waals surface area (Å²) in [7, 11) is 0.